The van der Waals surface area contributed by atoms with Crippen LogP contribution in [0.2, 0.25) is 0 Å². The molecule has 0 amide bonds. The van der Waals surface area contributed by atoms with Crippen molar-refractivity contribution in [2.45, 2.75) is 38.2 Å². The van der Waals surface area contributed by atoms with E-state index in [-0.39, 0.29) is 0 Å². The largest absolute Gasteiger partial charge is 0.381 e. The maximum absolute atomic E-state index is 5.43. The summed E-state index contributed by atoms with van der Waals surface area (Å²) in [5.41, 5.74) is 1.48. The van der Waals surface area contributed by atoms with Crippen LogP contribution in [0.3, 0.4) is 0 Å². The minimum absolute atomic E-state index is 0.543. The van der Waals surface area contributed by atoms with Gasteiger partial charge in [-0.05, 0) is 43.9 Å². The average Bonchev–Trinajstić information content (AvgIpc) is 2.02. The predicted molar refractivity (Wildman–Crippen MR) is 50.0 cm³/mol. The van der Waals surface area contributed by atoms with Crippen LogP contribution in [0.25, 0.3) is 0 Å². The molecular formula is C11H18O. The number of hydrogen-bond acceptors (Lipinski definition) is 1. The Kier molecular flexibility index (Phi) is 2.22. The van der Waals surface area contributed by atoms with E-state index in [4.69, 9.17) is 4.74 Å². The number of methoxy groups -OCH3 is 1. The van der Waals surface area contributed by atoms with Gasteiger partial charge in [0.05, 0.1) is 6.10 Å². The van der Waals surface area contributed by atoms with E-state index in [0.717, 1.165) is 11.8 Å². The Bertz CT molecular complexity index is 169. The summed E-state index contributed by atoms with van der Waals surface area (Å²) in [5.74, 6) is 1.77. The first kappa shape index (κ1) is 8.31. The van der Waals surface area contributed by atoms with Crippen LogP contribution in [0.4, 0.5) is 0 Å². The van der Waals surface area contributed by atoms with Gasteiger partial charge >= 0.3 is 0 Å². The lowest BCUT2D eigenvalue weighted by molar-refractivity contribution is 0.0201. The fourth-order valence-corrected chi connectivity index (χ4v) is 2.93. The number of rotatable bonds is 1. The van der Waals surface area contributed by atoms with Gasteiger partial charge in [-0.15, -0.1) is 0 Å². The van der Waals surface area contributed by atoms with E-state index in [0.29, 0.717) is 6.10 Å². The quantitative estimate of drug-likeness (QED) is 0.544. The summed E-state index contributed by atoms with van der Waals surface area (Å²) in [7, 11) is 1.85. The van der Waals surface area contributed by atoms with E-state index in [1.165, 1.54) is 37.7 Å². The molecule has 2 fully saturated rings. The third-order valence-electron chi connectivity index (χ3n) is 3.35. The predicted octanol–water partition coefficient (Wildman–Crippen LogP) is 2.77. The van der Waals surface area contributed by atoms with E-state index < -0.39 is 0 Å². The Morgan fingerprint density at radius 2 is 1.75 bits per heavy atom. The highest BCUT2D eigenvalue weighted by Crippen LogP contribution is 2.42. The van der Waals surface area contributed by atoms with E-state index in [1.54, 1.807) is 0 Å². The Labute approximate surface area is 74.8 Å². The van der Waals surface area contributed by atoms with Gasteiger partial charge in [-0.1, -0.05) is 12.2 Å². The van der Waals surface area contributed by atoms with E-state index in [9.17, 15) is 0 Å². The van der Waals surface area contributed by atoms with Crippen LogP contribution in [0.15, 0.2) is 12.2 Å². The van der Waals surface area contributed by atoms with Crippen LogP contribution in [-0.2, 0) is 4.74 Å². The zero-order valence-corrected chi connectivity index (χ0v) is 7.88. The van der Waals surface area contributed by atoms with Crippen LogP contribution >= 0.6 is 0 Å². The zero-order chi connectivity index (χ0) is 8.55. The second kappa shape index (κ2) is 3.21. The molecule has 2 rings (SSSR count). The van der Waals surface area contributed by atoms with Crippen molar-refractivity contribution in [1.82, 2.24) is 0 Å². The molecule has 3 atom stereocenters. The Morgan fingerprint density at radius 1 is 1.17 bits per heavy atom. The van der Waals surface area contributed by atoms with Crippen molar-refractivity contribution < 1.29 is 4.74 Å². The normalized spacial score (nSPS) is 41.4. The molecule has 0 radical (unpaired) electrons. The number of allylic oxidation sites excluding steroid dienone is 1. The molecule has 0 saturated heterocycles. The van der Waals surface area contributed by atoms with Gasteiger partial charge in [0.1, 0.15) is 0 Å². The summed E-state index contributed by atoms with van der Waals surface area (Å²) in [6.07, 6.45) is 7.03. The molecule has 2 aliphatic carbocycles. The highest BCUT2D eigenvalue weighted by atomic mass is 16.5. The van der Waals surface area contributed by atoms with Gasteiger partial charge in [0.15, 0.2) is 0 Å². The molecule has 0 spiro atoms. The van der Waals surface area contributed by atoms with Crippen molar-refractivity contribution in [3.63, 3.8) is 0 Å². The first-order chi connectivity index (χ1) is 5.78. The van der Waals surface area contributed by atoms with Gasteiger partial charge in [0, 0.05) is 7.11 Å². The maximum Gasteiger partial charge on any atom is 0.0576 e. The molecule has 0 aromatic carbocycles. The van der Waals surface area contributed by atoms with Crippen molar-refractivity contribution in [3.8, 4) is 0 Å². The summed E-state index contributed by atoms with van der Waals surface area (Å²) < 4.78 is 5.43. The minimum atomic E-state index is 0.543. The standard InChI is InChI=1S/C11H18O/c1-8-3-9-5-10(4-8)7-11(6-9)12-2/h9-11H,1,3-7H2,2H3/t9-,10+,11?. The number of ether oxygens (including phenoxy) is 1. The molecule has 0 N–H and O–H groups in total. The fourth-order valence-electron chi connectivity index (χ4n) is 2.93. The second-order valence-corrected chi connectivity index (χ2v) is 4.46. The van der Waals surface area contributed by atoms with Crippen LogP contribution in [0, 0.1) is 11.8 Å². The number of hydrogen-bond donors (Lipinski definition) is 0. The van der Waals surface area contributed by atoms with Gasteiger partial charge in [-0.25, -0.2) is 0 Å². The summed E-state index contributed by atoms with van der Waals surface area (Å²) >= 11 is 0. The first-order valence-electron chi connectivity index (χ1n) is 4.97. The highest BCUT2D eigenvalue weighted by Gasteiger charge is 2.32. The summed E-state index contributed by atoms with van der Waals surface area (Å²) in [5, 5.41) is 0. The van der Waals surface area contributed by atoms with Crippen LogP contribution in [0.1, 0.15) is 32.1 Å². The topological polar surface area (TPSA) is 9.23 Å². The first-order valence-corrected chi connectivity index (χ1v) is 4.97. The molecule has 0 heterocycles. The monoisotopic (exact) mass is 166 g/mol. The molecule has 2 aliphatic rings. The SMILES string of the molecule is C=C1C[C@@H]2CC(OC)C[C@H](C1)C2. The third kappa shape index (κ3) is 1.56. The molecular weight excluding hydrogens is 148 g/mol. The summed E-state index contributed by atoms with van der Waals surface area (Å²) in [6.45, 7) is 4.11. The van der Waals surface area contributed by atoms with E-state index in [2.05, 4.69) is 6.58 Å². The van der Waals surface area contributed by atoms with Crippen LogP contribution < -0.4 is 0 Å². The Morgan fingerprint density at radius 3 is 2.25 bits per heavy atom. The molecule has 2 saturated carbocycles. The minimum Gasteiger partial charge on any atom is -0.381 e. The van der Waals surface area contributed by atoms with Gasteiger partial charge < -0.3 is 4.74 Å². The smallest absolute Gasteiger partial charge is 0.0576 e. The Balaban J connectivity index is 2.00. The fraction of sp³-hybridized carbons (Fsp3) is 0.818. The van der Waals surface area contributed by atoms with E-state index in [1.807, 2.05) is 7.11 Å². The van der Waals surface area contributed by atoms with Crippen molar-refractivity contribution in [3.05, 3.63) is 12.2 Å². The molecule has 0 aromatic heterocycles. The maximum atomic E-state index is 5.43. The molecule has 2 bridgehead atoms. The highest BCUT2D eigenvalue weighted by molar-refractivity contribution is 5.04. The Hall–Kier alpha value is -0.300. The lowest BCUT2D eigenvalue weighted by Crippen LogP contribution is -2.31. The molecule has 1 nitrogen and oxygen atoms in total. The third-order valence-corrected chi connectivity index (χ3v) is 3.35. The zero-order valence-electron chi connectivity index (χ0n) is 7.88. The molecule has 0 aliphatic heterocycles. The summed E-state index contributed by atoms with van der Waals surface area (Å²) in [4.78, 5) is 0. The van der Waals surface area contributed by atoms with Crippen LogP contribution in [-0.4, -0.2) is 13.2 Å². The van der Waals surface area contributed by atoms with E-state index >= 15 is 0 Å². The molecule has 0 aromatic rings. The van der Waals surface area contributed by atoms with Gasteiger partial charge in [-0.2, -0.15) is 0 Å². The lowest BCUT2D eigenvalue weighted by atomic mass is 9.70. The molecule has 68 valence electrons. The van der Waals surface area contributed by atoms with Crippen molar-refractivity contribution in [1.29, 1.82) is 0 Å². The van der Waals surface area contributed by atoms with Gasteiger partial charge in [0.25, 0.3) is 0 Å². The summed E-state index contributed by atoms with van der Waals surface area (Å²) in [6, 6.07) is 0. The lowest BCUT2D eigenvalue weighted by Gasteiger charge is -2.39. The van der Waals surface area contributed by atoms with Gasteiger partial charge in [0.2, 0.25) is 0 Å². The molecule has 1 heteroatoms. The van der Waals surface area contributed by atoms with Crippen molar-refractivity contribution in [2.75, 3.05) is 7.11 Å². The molecule has 1 unspecified atom stereocenters. The number of fused-ring (bicyclic) bond motifs is 2. The van der Waals surface area contributed by atoms with Crippen molar-refractivity contribution >= 4 is 0 Å². The van der Waals surface area contributed by atoms with Crippen LogP contribution in [0.5, 0.6) is 0 Å². The average molecular weight is 166 g/mol. The van der Waals surface area contributed by atoms with Gasteiger partial charge in [-0.3, -0.25) is 0 Å². The van der Waals surface area contributed by atoms with Crippen molar-refractivity contribution in [2.24, 2.45) is 11.8 Å². The second-order valence-electron chi connectivity index (χ2n) is 4.46. The molecule has 12 heavy (non-hydrogen) atoms.